The van der Waals surface area contributed by atoms with Gasteiger partial charge in [0, 0.05) is 31.9 Å². The van der Waals surface area contributed by atoms with Crippen molar-refractivity contribution < 1.29 is 8.42 Å². The number of guanidine groups is 1. The van der Waals surface area contributed by atoms with Gasteiger partial charge in [0.25, 0.3) is 0 Å². The largest absolute Gasteiger partial charge is 0.356 e. The molecule has 0 amide bonds. The fourth-order valence-corrected chi connectivity index (χ4v) is 3.93. The molecule has 1 aromatic carbocycles. The van der Waals surface area contributed by atoms with Crippen LogP contribution in [0.3, 0.4) is 0 Å². The fourth-order valence-electron chi connectivity index (χ4n) is 2.10. The normalized spacial score (nSPS) is 12.2. The molecule has 0 aliphatic carbocycles. The summed E-state index contributed by atoms with van der Waals surface area (Å²) in [6, 6.07) is 8.46. The molecule has 8 heteroatoms. The van der Waals surface area contributed by atoms with Gasteiger partial charge in [0.05, 0.1) is 21.3 Å². The maximum atomic E-state index is 12.2. The number of nitrogens with zero attached hydrogens (tertiary/aromatic N) is 2. The third kappa shape index (κ3) is 5.61. The molecule has 0 aliphatic rings. The van der Waals surface area contributed by atoms with Crippen molar-refractivity contribution in [2.75, 3.05) is 25.9 Å². The Balaban J connectivity index is 1.75. The van der Waals surface area contributed by atoms with E-state index in [1.54, 1.807) is 48.7 Å². The Morgan fingerprint density at radius 2 is 1.92 bits per heavy atom. The average Bonchev–Trinajstić information content (AvgIpc) is 2.99. The van der Waals surface area contributed by atoms with E-state index >= 15 is 0 Å². The molecule has 0 saturated heterocycles. The Hall–Kier alpha value is -1.93. The molecule has 0 spiro atoms. The third-order valence-electron chi connectivity index (χ3n) is 3.33. The molecular weight excluding hydrogens is 344 g/mol. The first-order chi connectivity index (χ1) is 11.5. The lowest BCUT2D eigenvalue weighted by Crippen LogP contribution is -2.40. The molecule has 2 aromatic rings. The number of nitrogens with one attached hydrogen (secondary N) is 2. The Labute approximate surface area is 147 Å². The van der Waals surface area contributed by atoms with Gasteiger partial charge in [-0.25, -0.2) is 13.4 Å². The highest BCUT2D eigenvalue weighted by Crippen LogP contribution is 2.09. The number of hydrogen-bond acceptors (Lipinski definition) is 5. The highest BCUT2D eigenvalue weighted by molar-refractivity contribution is 7.91. The number of aliphatic imine (C=N–C) groups is 1. The number of rotatable bonds is 7. The quantitative estimate of drug-likeness (QED) is 0.575. The summed E-state index contributed by atoms with van der Waals surface area (Å²) < 4.78 is 24.4. The van der Waals surface area contributed by atoms with Gasteiger partial charge in [0.1, 0.15) is 0 Å². The Kier molecular flexibility index (Phi) is 6.74. The van der Waals surface area contributed by atoms with Gasteiger partial charge in [-0.05, 0) is 19.1 Å². The molecule has 0 bridgehead atoms. The summed E-state index contributed by atoms with van der Waals surface area (Å²) in [6.07, 6.45) is 0.799. The lowest BCUT2D eigenvalue weighted by Gasteiger charge is -2.11. The van der Waals surface area contributed by atoms with Crippen LogP contribution in [0.25, 0.3) is 0 Å². The van der Waals surface area contributed by atoms with Crippen molar-refractivity contribution in [3.63, 3.8) is 0 Å². The maximum absolute atomic E-state index is 12.2. The van der Waals surface area contributed by atoms with Gasteiger partial charge in [-0.2, -0.15) is 0 Å². The van der Waals surface area contributed by atoms with Crippen molar-refractivity contribution >= 4 is 27.1 Å². The zero-order valence-electron chi connectivity index (χ0n) is 13.8. The topological polar surface area (TPSA) is 83.4 Å². The Bertz CT molecular complexity index is 770. The van der Waals surface area contributed by atoms with Crippen molar-refractivity contribution in [1.82, 2.24) is 15.6 Å². The van der Waals surface area contributed by atoms with Gasteiger partial charge < -0.3 is 10.6 Å². The first kappa shape index (κ1) is 18.4. The van der Waals surface area contributed by atoms with E-state index in [1.807, 2.05) is 12.3 Å². The second-order valence-electron chi connectivity index (χ2n) is 5.17. The van der Waals surface area contributed by atoms with E-state index in [0.29, 0.717) is 23.9 Å². The van der Waals surface area contributed by atoms with E-state index < -0.39 is 9.84 Å². The van der Waals surface area contributed by atoms with Crippen LogP contribution < -0.4 is 10.6 Å². The van der Waals surface area contributed by atoms with E-state index in [2.05, 4.69) is 20.6 Å². The average molecular weight is 367 g/mol. The second-order valence-corrected chi connectivity index (χ2v) is 8.34. The maximum Gasteiger partial charge on any atom is 0.191 e. The van der Waals surface area contributed by atoms with E-state index in [-0.39, 0.29) is 5.75 Å². The standard InChI is InChI=1S/C16H22N4O2S2/c1-13-20-14(12-23-13)8-9-18-16(17-2)19-10-11-24(21,22)15-6-4-3-5-7-15/h3-7,12H,8-11H2,1-2H3,(H2,17,18,19). The van der Waals surface area contributed by atoms with Gasteiger partial charge in [0.2, 0.25) is 0 Å². The van der Waals surface area contributed by atoms with Gasteiger partial charge in [-0.3, -0.25) is 4.99 Å². The number of aromatic nitrogens is 1. The van der Waals surface area contributed by atoms with Crippen LogP contribution in [-0.2, 0) is 16.3 Å². The second kappa shape index (κ2) is 8.79. The van der Waals surface area contributed by atoms with Crippen molar-refractivity contribution in [3.05, 3.63) is 46.4 Å². The SMILES string of the molecule is CN=C(NCCc1csc(C)n1)NCCS(=O)(=O)c1ccccc1. The fraction of sp³-hybridized carbons (Fsp3) is 0.375. The number of thiazole rings is 1. The summed E-state index contributed by atoms with van der Waals surface area (Å²) in [5.74, 6) is 0.605. The molecule has 130 valence electrons. The molecule has 6 nitrogen and oxygen atoms in total. The van der Waals surface area contributed by atoms with Crippen LogP contribution in [0.5, 0.6) is 0 Å². The summed E-state index contributed by atoms with van der Waals surface area (Å²) >= 11 is 1.63. The minimum atomic E-state index is -3.28. The summed E-state index contributed by atoms with van der Waals surface area (Å²) in [4.78, 5) is 8.84. The Morgan fingerprint density at radius 1 is 1.21 bits per heavy atom. The van der Waals surface area contributed by atoms with E-state index in [1.165, 1.54) is 0 Å². The minimum absolute atomic E-state index is 0.0169. The van der Waals surface area contributed by atoms with E-state index in [0.717, 1.165) is 17.1 Å². The smallest absolute Gasteiger partial charge is 0.191 e. The van der Waals surface area contributed by atoms with Crippen LogP contribution in [0.2, 0.25) is 0 Å². The first-order valence-corrected chi connectivity index (χ1v) is 10.2. The van der Waals surface area contributed by atoms with Crippen molar-refractivity contribution in [1.29, 1.82) is 0 Å². The third-order valence-corrected chi connectivity index (χ3v) is 5.88. The summed E-state index contributed by atoms with van der Waals surface area (Å²) in [5.41, 5.74) is 1.05. The highest BCUT2D eigenvalue weighted by Gasteiger charge is 2.13. The number of hydrogen-bond donors (Lipinski definition) is 2. The molecule has 2 N–H and O–H groups in total. The van der Waals surface area contributed by atoms with Crippen LogP contribution in [-0.4, -0.2) is 45.3 Å². The van der Waals surface area contributed by atoms with Gasteiger partial charge in [-0.1, -0.05) is 18.2 Å². The van der Waals surface area contributed by atoms with Crippen molar-refractivity contribution in [2.24, 2.45) is 4.99 Å². The van der Waals surface area contributed by atoms with Crippen molar-refractivity contribution in [3.8, 4) is 0 Å². The van der Waals surface area contributed by atoms with Gasteiger partial charge in [-0.15, -0.1) is 11.3 Å². The van der Waals surface area contributed by atoms with Crippen LogP contribution in [0.15, 0.2) is 45.6 Å². The first-order valence-electron chi connectivity index (χ1n) is 7.64. The predicted octanol–water partition coefficient (Wildman–Crippen LogP) is 1.63. The zero-order valence-corrected chi connectivity index (χ0v) is 15.5. The van der Waals surface area contributed by atoms with E-state index in [9.17, 15) is 8.42 Å². The molecule has 0 unspecified atom stereocenters. The molecule has 0 aliphatic heterocycles. The minimum Gasteiger partial charge on any atom is -0.356 e. The van der Waals surface area contributed by atoms with E-state index in [4.69, 9.17) is 0 Å². The number of sulfone groups is 1. The van der Waals surface area contributed by atoms with Crippen LogP contribution in [0.1, 0.15) is 10.7 Å². The molecule has 1 heterocycles. The summed E-state index contributed by atoms with van der Waals surface area (Å²) in [6.45, 7) is 2.97. The van der Waals surface area contributed by atoms with Gasteiger partial charge in [0.15, 0.2) is 15.8 Å². The molecule has 2 rings (SSSR count). The molecule has 0 fully saturated rings. The molecule has 0 atom stereocenters. The summed E-state index contributed by atoms with van der Waals surface area (Å²) in [5, 5.41) is 9.29. The van der Waals surface area contributed by atoms with Crippen LogP contribution in [0.4, 0.5) is 0 Å². The highest BCUT2D eigenvalue weighted by atomic mass is 32.2. The van der Waals surface area contributed by atoms with Crippen LogP contribution >= 0.6 is 11.3 Å². The number of benzene rings is 1. The molecule has 24 heavy (non-hydrogen) atoms. The summed E-state index contributed by atoms with van der Waals surface area (Å²) in [7, 11) is -1.62. The molecule has 0 saturated carbocycles. The predicted molar refractivity (Wildman–Crippen MR) is 98.4 cm³/mol. The monoisotopic (exact) mass is 366 g/mol. The number of aryl methyl sites for hydroxylation is 1. The lowest BCUT2D eigenvalue weighted by atomic mass is 10.3. The zero-order chi connectivity index (χ0) is 17.4. The Morgan fingerprint density at radius 3 is 2.54 bits per heavy atom. The van der Waals surface area contributed by atoms with Crippen LogP contribution in [0, 0.1) is 6.92 Å². The molecular formula is C16H22N4O2S2. The lowest BCUT2D eigenvalue weighted by molar-refractivity contribution is 0.594. The van der Waals surface area contributed by atoms with Gasteiger partial charge >= 0.3 is 0 Å². The molecule has 0 radical (unpaired) electrons. The van der Waals surface area contributed by atoms with Crippen molar-refractivity contribution in [2.45, 2.75) is 18.2 Å². The molecule has 1 aromatic heterocycles.